The van der Waals surface area contributed by atoms with E-state index in [-0.39, 0.29) is 5.91 Å². The zero-order valence-corrected chi connectivity index (χ0v) is 11.1. The summed E-state index contributed by atoms with van der Waals surface area (Å²) in [6.45, 7) is 0.887. The normalized spacial score (nSPS) is 10.5. The number of carbonyl (C=O) groups is 1. The van der Waals surface area contributed by atoms with Gasteiger partial charge in [-0.3, -0.25) is 9.78 Å². The van der Waals surface area contributed by atoms with Gasteiger partial charge in [0.1, 0.15) is 0 Å². The Hall–Kier alpha value is -2.20. The van der Waals surface area contributed by atoms with Crippen LogP contribution in [0.5, 0.6) is 0 Å². The Bertz CT molecular complexity index is 535. The van der Waals surface area contributed by atoms with Crippen LogP contribution in [0.15, 0.2) is 48.8 Å². The second kappa shape index (κ2) is 6.11. The van der Waals surface area contributed by atoms with Gasteiger partial charge in [-0.05, 0) is 43.9 Å². The predicted octanol–water partition coefficient (Wildman–Crippen LogP) is 2.40. The van der Waals surface area contributed by atoms with Gasteiger partial charge in [-0.15, -0.1) is 0 Å². The van der Waals surface area contributed by atoms with Crippen molar-refractivity contribution in [2.45, 2.75) is 6.54 Å². The van der Waals surface area contributed by atoms with Gasteiger partial charge in [0, 0.05) is 30.2 Å². The van der Waals surface area contributed by atoms with Gasteiger partial charge in [0.05, 0.1) is 0 Å². The van der Waals surface area contributed by atoms with Gasteiger partial charge in [-0.25, -0.2) is 0 Å². The Labute approximate surface area is 113 Å². The van der Waals surface area contributed by atoms with E-state index in [0.717, 1.165) is 12.2 Å². The molecular weight excluding hydrogens is 238 g/mol. The monoisotopic (exact) mass is 255 g/mol. The number of pyridine rings is 1. The van der Waals surface area contributed by atoms with Gasteiger partial charge in [-0.2, -0.15) is 0 Å². The molecule has 1 aromatic carbocycles. The topological polar surface area (TPSA) is 45.2 Å². The Morgan fingerprint density at radius 1 is 1.11 bits per heavy atom. The molecule has 2 rings (SSSR count). The third-order valence-corrected chi connectivity index (χ3v) is 2.65. The molecule has 0 saturated carbocycles. The summed E-state index contributed by atoms with van der Waals surface area (Å²) in [7, 11) is 4.05. The molecule has 1 N–H and O–H groups in total. The van der Waals surface area contributed by atoms with Crippen molar-refractivity contribution in [3.63, 3.8) is 0 Å². The smallest absolute Gasteiger partial charge is 0.255 e. The summed E-state index contributed by atoms with van der Waals surface area (Å²) in [6, 6.07) is 11.2. The molecule has 0 bridgehead atoms. The van der Waals surface area contributed by atoms with Gasteiger partial charge < -0.3 is 10.2 Å². The highest BCUT2D eigenvalue weighted by Crippen LogP contribution is 2.12. The molecule has 0 aliphatic heterocycles. The lowest BCUT2D eigenvalue weighted by Gasteiger charge is -2.10. The number of nitrogens with zero attached hydrogens (tertiary/aromatic N) is 2. The number of hydrogen-bond donors (Lipinski definition) is 1. The maximum absolute atomic E-state index is 11.9. The fraction of sp³-hybridized carbons (Fsp3) is 0.200. The standard InChI is InChI=1S/C15H17N3O/c1-18(2)11-12-3-5-14(6-4-12)17-15(19)13-7-9-16-10-8-13/h3-10H,11H2,1-2H3,(H,17,19). The predicted molar refractivity (Wildman–Crippen MR) is 76.0 cm³/mol. The number of aromatic nitrogens is 1. The molecule has 1 aromatic heterocycles. The molecule has 0 aliphatic rings. The zero-order valence-electron chi connectivity index (χ0n) is 11.1. The van der Waals surface area contributed by atoms with E-state index in [0.29, 0.717) is 5.56 Å². The van der Waals surface area contributed by atoms with E-state index in [1.54, 1.807) is 24.5 Å². The molecule has 4 nitrogen and oxygen atoms in total. The van der Waals surface area contributed by atoms with Crippen LogP contribution in [0.3, 0.4) is 0 Å². The highest BCUT2D eigenvalue weighted by Gasteiger charge is 2.05. The summed E-state index contributed by atoms with van der Waals surface area (Å²) in [6.07, 6.45) is 3.21. The summed E-state index contributed by atoms with van der Waals surface area (Å²) in [4.78, 5) is 17.9. The second-order valence-corrected chi connectivity index (χ2v) is 4.62. The molecule has 0 radical (unpaired) electrons. The number of rotatable bonds is 4. The Morgan fingerprint density at radius 3 is 2.32 bits per heavy atom. The minimum atomic E-state index is -0.122. The fourth-order valence-electron chi connectivity index (χ4n) is 1.77. The van der Waals surface area contributed by atoms with Crippen molar-refractivity contribution >= 4 is 11.6 Å². The number of carbonyl (C=O) groups excluding carboxylic acids is 1. The van der Waals surface area contributed by atoms with E-state index in [2.05, 4.69) is 15.2 Å². The van der Waals surface area contributed by atoms with Crippen LogP contribution in [0.2, 0.25) is 0 Å². The van der Waals surface area contributed by atoms with E-state index in [9.17, 15) is 4.79 Å². The van der Waals surface area contributed by atoms with Crippen LogP contribution in [0, 0.1) is 0 Å². The van der Waals surface area contributed by atoms with Gasteiger partial charge in [0.25, 0.3) is 5.91 Å². The van der Waals surface area contributed by atoms with Crippen LogP contribution in [0.25, 0.3) is 0 Å². The number of anilines is 1. The summed E-state index contributed by atoms with van der Waals surface area (Å²) in [5.74, 6) is -0.122. The highest BCUT2D eigenvalue weighted by molar-refractivity contribution is 6.04. The number of hydrogen-bond acceptors (Lipinski definition) is 3. The lowest BCUT2D eigenvalue weighted by Crippen LogP contribution is -2.12. The van der Waals surface area contributed by atoms with Crippen molar-refractivity contribution in [3.05, 3.63) is 59.9 Å². The molecular formula is C15H17N3O. The largest absolute Gasteiger partial charge is 0.322 e. The molecule has 0 fully saturated rings. The van der Waals surface area contributed by atoms with Crippen molar-refractivity contribution in [1.29, 1.82) is 0 Å². The van der Waals surface area contributed by atoms with Crippen LogP contribution in [-0.2, 0) is 6.54 Å². The SMILES string of the molecule is CN(C)Cc1ccc(NC(=O)c2ccncc2)cc1. The van der Waals surface area contributed by atoms with Crippen LogP contribution < -0.4 is 5.32 Å². The average Bonchev–Trinajstić information content (AvgIpc) is 2.41. The first kappa shape index (κ1) is 13.2. The molecule has 0 unspecified atom stereocenters. The Balaban J connectivity index is 2.02. The van der Waals surface area contributed by atoms with Gasteiger partial charge >= 0.3 is 0 Å². The van der Waals surface area contributed by atoms with Crippen molar-refractivity contribution in [2.75, 3.05) is 19.4 Å². The molecule has 1 heterocycles. The molecule has 19 heavy (non-hydrogen) atoms. The maximum Gasteiger partial charge on any atom is 0.255 e. The summed E-state index contributed by atoms with van der Waals surface area (Å²) >= 11 is 0. The molecule has 0 aliphatic carbocycles. The quantitative estimate of drug-likeness (QED) is 0.912. The summed E-state index contributed by atoms with van der Waals surface area (Å²) in [5, 5.41) is 2.86. The first-order chi connectivity index (χ1) is 9.15. The summed E-state index contributed by atoms with van der Waals surface area (Å²) in [5.41, 5.74) is 2.61. The van der Waals surface area contributed by atoms with Crippen molar-refractivity contribution in [3.8, 4) is 0 Å². The van der Waals surface area contributed by atoms with E-state index >= 15 is 0 Å². The Morgan fingerprint density at radius 2 is 1.74 bits per heavy atom. The molecule has 0 atom stereocenters. The average molecular weight is 255 g/mol. The lowest BCUT2D eigenvalue weighted by molar-refractivity contribution is 0.102. The third-order valence-electron chi connectivity index (χ3n) is 2.65. The maximum atomic E-state index is 11.9. The molecule has 0 saturated heterocycles. The van der Waals surface area contributed by atoms with Crippen molar-refractivity contribution in [1.82, 2.24) is 9.88 Å². The second-order valence-electron chi connectivity index (χ2n) is 4.62. The van der Waals surface area contributed by atoms with E-state index in [4.69, 9.17) is 0 Å². The molecule has 1 amide bonds. The van der Waals surface area contributed by atoms with Gasteiger partial charge in [0.2, 0.25) is 0 Å². The van der Waals surface area contributed by atoms with Crippen LogP contribution in [-0.4, -0.2) is 29.9 Å². The first-order valence-corrected chi connectivity index (χ1v) is 6.10. The van der Waals surface area contributed by atoms with E-state index in [1.807, 2.05) is 38.4 Å². The first-order valence-electron chi connectivity index (χ1n) is 6.10. The summed E-state index contributed by atoms with van der Waals surface area (Å²) < 4.78 is 0. The highest BCUT2D eigenvalue weighted by atomic mass is 16.1. The van der Waals surface area contributed by atoms with E-state index < -0.39 is 0 Å². The van der Waals surface area contributed by atoms with Gasteiger partial charge in [-0.1, -0.05) is 12.1 Å². The molecule has 2 aromatic rings. The number of nitrogens with one attached hydrogen (secondary N) is 1. The fourth-order valence-corrected chi connectivity index (χ4v) is 1.77. The van der Waals surface area contributed by atoms with Crippen molar-refractivity contribution in [2.24, 2.45) is 0 Å². The number of amides is 1. The van der Waals surface area contributed by atoms with Crippen molar-refractivity contribution < 1.29 is 4.79 Å². The lowest BCUT2D eigenvalue weighted by atomic mass is 10.2. The minimum absolute atomic E-state index is 0.122. The molecule has 4 heteroatoms. The minimum Gasteiger partial charge on any atom is -0.322 e. The Kier molecular flexibility index (Phi) is 4.26. The van der Waals surface area contributed by atoms with E-state index in [1.165, 1.54) is 5.56 Å². The van der Waals surface area contributed by atoms with Crippen LogP contribution in [0.1, 0.15) is 15.9 Å². The van der Waals surface area contributed by atoms with Crippen LogP contribution >= 0.6 is 0 Å². The molecule has 98 valence electrons. The number of benzene rings is 1. The molecule has 0 spiro atoms. The zero-order chi connectivity index (χ0) is 13.7. The third kappa shape index (κ3) is 3.89. The van der Waals surface area contributed by atoms with Crippen LogP contribution in [0.4, 0.5) is 5.69 Å². The van der Waals surface area contributed by atoms with Gasteiger partial charge in [0.15, 0.2) is 0 Å².